The van der Waals surface area contributed by atoms with E-state index in [1.54, 1.807) is 0 Å². The van der Waals surface area contributed by atoms with Crippen LogP contribution in [0, 0.1) is 0 Å². The van der Waals surface area contributed by atoms with Gasteiger partial charge in [-0.05, 0) is 52.1 Å². The molecule has 0 aliphatic carbocycles. The molecule has 5 aromatic rings. The van der Waals surface area contributed by atoms with Crippen LogP contribution < -0.4 is 0 Å². The summed E-state index contributed by atoms with van der Waals surface area (Å²) in [6, 6.07) is 33.1. The van der Waals surface area contributed by atoms with Crippen molar-refractivity contribution in [3.63, 3.8) is 0 Å². The minimum absolute atomic E-state index is 0.744. The zero-order valence-electron chi connectivity index (χ0n) is 15.1. The average Bonchev–Trinajstić information content (AvgIpc) is 3.18. The zero-order chi connectivity index (χ0) is 18.9. The van der Waals surface area contributed by atoms with Crippen LogP contribution in [-0.2, 0) is 0 Å². The monoisotopic (exact) mass is 380 g/mol. The van der Waals surface area contributed by atoms with Gasteiger partial charge in [0.05, 0.1) is 6.26 Å². The number of hydrogen-bond donors (Lipinski definition) is 0. The molecule has 0 aliphatic rings. The van der Waals surface area contributed by atoms with Crippen molar-refractivity contribution in [1.29, 1.82) is 0 Å². The molecule has 0 amide bonds. The molecule has 0 fully saturated rings. The molecule has 0 saturated carbocycles. The van der Waals surface area contributed by atoms with Gasteiger partial charge in [0.25, 0.3) is 0 Å². The molecule has 0 saturated heterocycles. The van der Waals surface area contributed by atoms with Gasteiger partial charge in [-0.15, -0.1) is 0 Å². The van der Waals surface area contributed by atoms with E-state index in [9.17, 15) is 0 Å². The predicted octanol–water partition coefficient (Wildman–Crippen LogP) is 8.09. The molecule has 4 aromatic carbocycles. The lowest BCUT2D eigenvalue weighted by Gasteiger charge is -2.11. The Morgan fingerprint density at radius 1 is 0.536 bits per heavy atom. The Morgan fingerprint density at radius 2 is 1.21 bits per heavy atom. The van der Waals surface area contributed by atoms with Crippen LogP contribution in [0.2, 0.25) is 5.02 Å². The van der Waals surface area contributed by atoms with E-state index >= 15 is 0 Å². The topological polar surface area (TPSA) is 13.1 Å². The summed E-state index contributed by atoms with van der Waals surface area (Å²) in [4.78, 5) is 0. The van der Waals surface area contributed by atoms with E-state index < -0.39 is 0 Å². The van der Waals surface area contributed by atoms with Crippen LogP contribution in [0.15, 0.2) is 108 Å². The molecule has 0 bridgehead atoms. The van der Waals surface area contributed by atoms with E-state index in [1.165, 1.54) is 11.1 Å². The van der Waals surface area contributed by atoms with E-state index in [2.05, 4.69) is 60.7 Å². The van der Waals surface area contributed by atoms with E-state index in [4.69, 9.17) is 16.0 Å². The van der Waals surface area contributed by atoms with E-state index in [0.717, 1.165) is 38.2 Å². The Morgan fingerprint density at radius 3 is 2.07 bits per heavy atom. The number of fused-ring (bicyclic) bond motifs is 1. The van der Waals surface area contributed by atoms with Crippen molar-refractivity contribution in [1.82, 2.24) is 0 Å². The van der Waals surface area contributed by atoms with Gasteiger partial charge in [-0.3, -0.25) is 0 Å². The summed E-state index contributed by atoms with van der Waals surface area (Å²) in [6.07, 6.45) is 1.85. The Bertz CT molecular complexity index is 1280. The number of halogens is 1. The highest BCUT2D eigenvalue weighted by Crippen LogP contribution is 2.38. The van der Waals surface area contributed by atoms with Crippen LogP contribution in [0.1, 0.15) is 0 Å². The minimum atomic E-state index is 0.744. The SMILES string of the molecule is Clc1cccc(-c2cccc(-c3ccccc3-c3coc4ccccc34)c2)c1. The molecular formula is C26H17ClO. The first-order chi connectivity index (χ1) is 13.8. The molecule has 5 rings (SSSR count). The lowest BCUT2D eigenvalue weighted by molar-refractivity contribution is 0.617. The number of furan rings is 1. The van der Waals surface area contributed by atoms with Gasteiger partial charge < -0.3 is 4.42 Å². The molecule has 28 heavy (non-hydrogen) atoms. The van der Waals surface area contributed by atoms with Crippen molar-refractivity contribution >= 4 is 22.6 Å². The first kappa shape index (κ1) is 16.9. The van der Waals surface area contributed by atoms with Crippen LogP contribution in [-0.4, -0.2) is 0 Å². The maximum absolute atomic E-state index is 6.19. The van der Waals surface area contributed by atoms with Gasteiger partial charge in [-0.1, -0.05) is 84.4 Å². The third-order valence-corrected chi connectivity index (χ3v) is 5.26. The Kier molecular flexibility index (Phi) is 4.23. The zero-order valence-corrected chi connectivity index (χ0v) is 15.9. The Balaban J connectivity index is 1.67. The highest BCUT2D eigenvalue weighted by atomic mass is 35.5. The van der Waals surface area contributed by atoms with Crippen LogP contribution in [0.3, 0.4) is 0 Å². The standard InChI is InChI=1S/C26H17ClO/c27-21-10-6-8-19(16-21)18-7-5-9-20(15-18)22-11-1-2-12-23(22)25-17-28-26-14-4-3-13-24(25)26/h1-17H. The quantitative estimate of drug-likeness (QED) is 0.308. The van der Waals surface area contributed by atoms with Crippen molar-refractivity contribution in [2.75, 3.05) is 0 Å². The smallest absolute Gasteiger partial charge is 0.134 e. The fraction of sp³-hybridized carbons (Fsp3) is 0. The molecular weight excluding hydrogens is 364 g/mol. The second kappa shape index (κ2) is 7.03. The number of para-hydroxylation sites is 1. The highest BCUT2D eigenvalue weighted by molar-refractivity contribution is 6.30. The van der Waals surface area contributed by atoms with Crippen molar-refractivity contribution < 1.29 is 4.42 Å². The third kappa shape index (κ3) is 3.00. The first-order valence-electron chi connectivity index (χ1n) is 9.21. The van der Waals surface area contributed by atoms with Gasteiger partial charge in [-0.25, -0.2) is 0 Å². The van der Waals surface area contributed by atoms with E-state index in [0.29, 0.717) is 0 Å². The van der Waals surface area contributed by atoms with Gasteiger partial charge >= 0.3 is 0 Å². The fourth-order valence-electron chi connectivity index (χ4n) is 3.69. The molecule has 0 unspecified atom stereocenters. The van der Waals surface area contributed by atoms with Crippen molar-refractivity contribution in [2.24, 2.45) is 0 Å². The van der Waals surface area contributed by atoms with Crippen molar-refractivity contribution in [3.8, 4) is 33.4 Å². The van der Waals surface area contributed by atoms with Gasteiger partial charge in [-0.2, -0.15) is 0 Å². The second-order valence-corrected chi connectivity index (χ2v) is 7.22. The van der Waals surface area contributed by atoms with E-state index in [-0.39, 0.29) is 0 Å². The molecule has 1 nitrogen and oxygen atoms in total. The molecule has 0 aliphatic heterocycles. The molecule has 0 N–H and O–H groups in total. The minimum Gasteiger partial charge on any atom is -0.464 e. The third-order valence-electron chi connectivity index (χ3n) is 5.03. The Hall–Kier alpha value is -3.29. The maximum Gasteiger partial charge on any atom is 0.134 e. The van der Waals surface area contributed by atoms with Crippen LogP contribution >= 0.6 is 11.6 Å². The molecule has 0 spiro atoms. The molecule has 1 aromatic heterocycles. The highest BCUT2D eigenvalue weighted by Gasteiger charge is 2.13. The molecule has 2 heteroatoms. The summed E-state index contributed by atoms with van der Waals surface area (Å²) < 4.78 is 5.79. The fourth-order valence-corrected chi connectivity index (χ4v) is 3.88. The summed E-state index contributed by atoms with van der Waals surface area (Å²) >= 11 is 6.19. The summed E-state index contributed by atoms with van der Waals surface area (Å²) in [5, 5.41) is 1.87. The summed E-state index contributed by atoms with van der Waals surface area (Å²) in [5.74, 6) is 0. The van der Waals surface area contributed by atoms with Gasteiger partial charge in [0.15, 0.2) is 0 Å². The molecule has 134 valence electrons. The molecule has 1 heterocycles. The molecule has 0 atom stereocenters. The van der Waals surface area contributed by atoms with Crippen molar-refractivity contribution in [2.45, 2.75) is 0 Å². The normalized spacial score (nSPS) is 11.0. The van der Waals surface area contributed by atoms with Crippen LogP contribution in [0.4, 0.5) is 0 Å². The van der Waals surface area contributed by atoms with E-state index in [1.807, 2.05) is 42.7 Å². The number of rotatable bonds is 3. The van der Waals surface area contributed by atoms with Gasteiger partial charge in [0, 0.05) is 16.0 Å². The summed E-state index contributed by atoms with van der Waals surface area (Å²) in [5.41, 5.74) is 7.78. The molecule has 0 radical (unpaired) electrons. The average molecular weight is 381 g/mol. The number of hydrogen-bond acceptors (Lipinski definition) is 1. The predicted molar refractivity (Wildman–Crippen MR) is 118 cm³/mol. The summed E-state index contributed by atoms with van der Waals surface area (Å²) in [6.45, 7) is 0. The second-order valence-electron chi connectivity index (χ2n) is 6.78. The van der Waals surface area contributed by atoms with Gasteiger partial charge in [0.1, 0.15) is 5.58 Å². The largest absolute Gasteiger partial charge is 0.464 e. The van der Waals surface area contributed by atoms with Crippen LogP contribution in [0.5, 0.6) is 0 Å². The lowest BCUT2D eigenvalue weighted by atomic mass is 9.92. The number of benzene rings is 4. The first-order valence-corrected chi connectivity index (χ1v) is 9.59. The maximum atomic E-state index is 6.19. The van der Waals surface area contributed by atoms with Gasteiger partial charge in [0.2, 0.25) is 0 Å². The Labute approximate surface area is 168 Å². The van der Waals surface area contributed by atoms with Crippen molar-refractivity contribution in [3.05, 3.63) is 108 Å². The van der Waals surface area contributed by atoms with Crippen LogP contribution in [0.25, 0.3) is 44.3 Å². The lowest BCUT2D eigenvalue weighted by Crippen LogP contribution is -1.86. The summed E-state index contributed by atoms with van der Waals surface area (Å²) in [7, 11) is 0.